The van der Waals surface area contributed by atoms with Gasteiger partial charge in [-0.1, -0.05) is 29.8 Å². The van der Waals surface area contributed by atoms with Crippen molar-refractivity contribution < 1.29 is 9.53 Å². The molecule has 0 aliphatic carbocycles. The molecule has 0 bridgehead atoms. The van der Waals surface area contributed by atoms with Crippen LogP contribution in [0.4, 0.5) is 0 Å². The number of hydrogen-bond donors (Lipinski definition) is 0. The maximum atomic E-state index is 11.6. The van der Waals surface area contributed by atoms with Crippen LogP contribution < -0.4 is 0 Å². The molecule has 0 aliphatic heterocycles. The van der Waals surface area contributed by atoms with Crippen LogP contribution in [0.1, 0.15) is 10.4 Å². The summed E-state index contributed by atoms with van der Waals surface area (Å²) in [6.07, 6.45) is 1.35. The van der Waals surface area contributed by atoms with Crippen LogP contribution in [0.2, 0.25) is 5.15 Å². The van der Waals surface area contributed by atoms with Crippen molar-refractivity contribution in [3.8, 4) is 11.3 Å². The van der Waals surface area contributed by atoms with Gasteiger partial charge in [-0.25, -0.2) is 14.8 Å². The van der Waals surface area contributed by atoms with E-state index in [2.05, 4.69) is 9.97 Å². The number of hydrogen-bond acceptors (Lipinski definition) is 4. The number of esters is 1. The zero-order valence-electron chi connectivity index (χ0n) is 9.05. The van der Waals surface area contributed by atoms with E-state index < -0.39 is 5.97 Å². The second-order valence-corrected chi connectivity index (χ2v) is 3.65. The quantitative estimate of drug-likeness (QED) is 0.606. The number of aromatic nitrogens is 2. The van der Waals surface area contributed by atoms with Gasteiger partial charge in [-0.05, 0) is 6.07 Å². The Labute approximate surface area is 103 Å². The fraction of sp³-hybridized carbons (Fsp3) is 0.0833. The van der Waals surface area contributed by atoms with E-state index >= 15 is 0 Å². The summed E-state index contributed by atoms with van der Waals surface area (Å²) in [4.78, 5) is 19.5. The molecule has 0 aliphatic rings. The Morgan fingerprint density at radius 3 is 2.76 bits per heavy atom. The molecule has 0 amide bonds. The molecule has 86 valence electrons. The van der Waals surface area contributed by atoms with E-state index in [1.807, 2.05) is 6.07 Å². The third-order valence-electron chi connectivity index (χ3n) is 2.24. The van der Waals surface area contributed by atoms with E-state index in [4.69, 9.17) is 16.3 Å². The van der Waals surface area contributed by atoms with Crippen molar-refractivity contribution in [3.05, 3.63) is 47.4 Å². The first-order valence-corrected chi connectivity index (χ1v) is 5.25. The normalized spacial score (nSPS) is 10.0. The molecule has 0 saturated heterocycles. The predicted molar refractivity (Wildman–Crippen MR) is 63.8 cm³/mol. The van der Waals surface area contributed by atoms with E-state index in [0.29, 0.717) is 22.0 Å². The summed E-state index contributed by atoms with van der Waals surface area (Å²) in [7, 11) is 1.34. The molecule has 0 atom stereocenters. The zero-order valence-corrected chi connectivity index (χ0v) is 9.81. The van der Waals surface area contributed by atoms with E-state index in [0.717, 1.165) is 0 Å². The molecule has 2 rings (SSSR count). The van der Waals surface area contributed by atoms with Gasteiger partial charge >= 0.3 is 5.97 Å². The Morgan fingerprint density at radius 1 is 1.29 bits per heavy atom. The summed E-state index contributed by atoms with van der Waals surface area (Å²) in [5.74, 6) is -0.407. The average molecular weight is 249 g/mol. The highest BCUT2D eigenvalue weighted by molar-refractivity contribution is 6.29. The number of carbonyl (C=O) groups is 1. The molecule has 17 heavy (non-hydrogen) atoms. The third-order valence-corrected chi connectivity index (χ3v) is 2.45. The monoisotopic (exact) mass is 248 g/mol. The van der Waals surface area contributed by atoms with Gasteiger partial charge < -0.3 is 4.74 Å². The largest absolute Gasteiger partial charge is 0.465 e. The van der Waals surface area contributed by atoms with Crippen LogP contribution in [0.25, 0.3) is 11.3 Å². The van der Waals surface area contributed by atoms with Gasteiger partial charge in [-0.15, -0.1) is 0 Å². The van der Waals surface area contributed by atoms with Crippen LogP contribution in [0.3, 0.4) is 0 Å². The smallest absolute Gasteiger partial charge is 0.338 e. The van der Waals surface area contributed by atoms with E-state index in [1.54, 1.807) is 24.3 Å². The van der Waals surface area contributed by atoms with Crippen LogP contribution >= 0.6 is 11.6 Å². The van der Waals surface area contributed by atoms with Crippen LogP contribution in [0.5, 0.6) is 0 Å². The first kappa shape index (κ1) is 11.5. The van der Waals surface area contributed by atoms with Crippen molar-refractivity contribution >= 4 is 17.6 Å². The molecule has 1 aromatic carbocycles. The molecule has 1 aromatic heterocycles. The summed E-state index contributed by atoms with van der Waals surface area (Å²) in [5, 5.41) is 0.328. The van der Waals surface area contributed by atoms with Crippen molar-refractivity contribution in [2.45, 2.75) is 0 Å². The number of halogens is 1. The maximum Gasteiger partial charge on any atom is 0.338 e. The fourth-order valence-corrected chi connectivity index (χ4v) is 1.62. The highest BCUT2D eigenvalue weighted by Gasteiger charge is 2.13. The van der Waals surface area contributed by atoms with Crippen LogP contribution in [0, 0.1) is 0 Å². The number of ether oxygens (including phenoxy) is 1. The highest BCUT2D eigenvalue weighted by atomic mass is 35.5. The average Bonchev–Trinajstić information content (AvgIpc) is 2.38. The minimum Gasteiger partial charge on any atom is -0.465 e. The van der Waals surface area contributed by atoms with E-state index in [1.165, 1.54) is 13.4 Å². The molecule has 0 radical (unpaired) electrons. The number of benzene rings is 1. The molecule has 1 heterocycles. The fourth-order valence-electron chi connectivity index (χ4n) is 1.48. The summed E-state index contributed by atoms with van der Waals surface area (Å²) >= 11 is 5.79. The Morgan fingerprint density at radius 2 is 2.06 bits per heavy atom. The molecular formula is C12H9ClN2O2. The van der Waals surface area contributed by atoms with Gasteiger partial charge in [0.2, 0.25) is 0 Å². The lowest BCUT2D eigenvalue weighted by Crippen LogP contribution is -2.03. The van der Waals surface area contributed by atoms with Crippen LogP contribution in [-0.4, -0.2) is 23.0 Å². The van der Waals surface area contributed by atoms with Gasteiger partial charge in [0.05, 0.1) is 18.4 Å². The lowest BCUT2D eigenvalue weighted by molar-refractivity contribution is 0.0601. The molecule has 4 nitrogen and oxygen atoms in total. The molecule has 2 aromatic rings. The first-order chi connectivity index (χ1) is 8.22. The number of rotatable bonds is 2. The van der Waals surface area contributed by atoms with Gasteiger partial charge in [0.25, 0.3) is 0 Å². The Kier molecular flexibility index (Phi) is 3.35. The number of nitrogens with zero attached hydrogens (tertiary/aromatic N) is 2. The van der Waals surface area contributed by atoms with Gasteiger partial charge in [-0.3, -0.25) is 0 Å². The molecular weight excluding hydrogens is 240 g/mol. The summed E-state index contributed by atoms with van der Waals surface area (Å²) in [6, 6.07) is 8.64. The van der Waals surface area contributed by atoms with Crippen molar-refractivity contribution in [2.75, 3.05) is 7.11 Å². The maximum absolute atomic E-state index is 11.6. The number of carbonyl (C=O) groups excluding carboxylic acids is 1. The standard InChI is InChI=1S/C12H9ClN2O2/c1-17-12(16)9-5-3-2-4-8(9)10-6-11(13)15-7-14-10/h2-7H,1H3. The SMILES string of the molecule is COC(=O)c1ccccc1-c1cc(Cl)ncn1. The Hall–Kier alpha value is -1.94. The highest BCUT2D eigenvalue weighted by Crippen LogP contribution is 2.23. The number of methoxy groups -OCH3 is 1. The molecule has 0 N–H and O–H groups in total. The Balaban J connectivity index is 2.55. The minimum absolute atomic E-state index is 0.328. The molecule has 0 spiro atoms. The zero-order chi connectivity index (χ0) is 12.3. The van der Waals surface area contributed by atoms with Crippen LogP contribution in [0.15, 0.2) is 36.7 Å². The van der Waals surface area contributed by atoms with Gasteiger partial charge in [0.1, 0.15) is 11.5 Å². The summed E-state index contributed by atoms with van der Waals surface area (Å²) in [6.45, 7) is 0. The van der Waals surface area contributed by atoms with Crippen molar-refractivity contribution in [1.29, 1.82) is 0 Å². The second-order valence-electron chi connectivity index (χ2n) is 3.26. The molecule has 5 heteroatoms. The van der Waals surface area contributed by atoms with Gasteiger partial charge in [0, 0.05) is 11.6 Å². The minimum atomic E-state index is -0.407. The summed E-state index contributed by atoms with van der Waals surface area (Å²) < 4.78 is 4.71. The predicted octanol–water partition coefficient (Wildman–Crippen LogP) is 2.58. The molecule has 0 fully saturated rings. The van der Waals surface area contributed by atoms with Crippen LogP contribution in [-0.2, 0) is 4.74 Å². The first-order valence-electron chi connectivity index (χ1n) is 4.87. The van der Waals surface area contributed by atoms with Crippen molar-refractivity contribution in [3.63, 3.8) is 0 Å². The Bertz CT molecular complexity index is 558. The van der Waals surface area contributed by atoms with Gasteiger partial charge in [0.15, 0.2) is 0 Å². The molecule has 0 unspecified atom stereocenters. The van der Waals surface area contributed by atoms with E-state index in [9.17, 15) is 4.79 Å². The third kappa shape index (κ3) is 2.42. The second kappa shape index (κ2) is 4.93. The lowest BCUT2D eigenvalue weighted by atomic mass is 10.0. The van der Waals surface area contributed by atoms with E-state index in [-0.39, 0.29) is 0 Å². The molecule has 0 saturated carbocycles. The summed E-state index contributed by atoms with van der Waals surface area (Å²) in [5.41, 5.74) is 1.71. The lowest BCUT2D eigenvalue weighted by Gasteiger charge is -2.06. The van der Waals surface area contributed by atoms with Crippen molar-refractivity contribution in [2.24, 2.45) is 0 Å². The van der Waals surface area contributed by atoms with Gasteiger partial charge in [-0.2, -0.15) is 0 Å². The van der Waals surface area contributed by atoms with Crippen molar-refractivity contribution in [1.82, 2.24) is 9.97 Å². The topological polar surface area (TPSA) is 52.1 Å².